The smallest absolute Gasteiger partial charge is 0.119 e. The standard InChI is InChI=1S/C22H34N6O2/c29-21(15-26-10-1-8-23-9-13-26)16-30-22-4-2-19(3-5-22)14-27-11-6-20(7-12-27)28-17-24-25-18-28/h2-5,17-18,20-21,23,29H,1,6-16H2. The first-order valence-electron chi connectivity index (χ1n) is 11.2. The van der Waals surface area contributed by atoms with Crippen molar-refractivity contribution >= 4 is 0 Å². The van der Waals surface area contributed by atoms with Gasteiger partial charge in [-0.15, -0.1) is 10.2 Å². The zero-order valence-corrected chi connectivity index (χ0v) is 17.7. The molecule has 8 nitrogen and oxygen atoms in total. The summed E-state index contributed by atoms with van der Waals surface area (Å²) in [4.78, 5) is 4.81. The summed E-state index contributed by atoms with van der Waals surface area (Å²) < 4.78 is 7.95. The van der Waals surface area contributed by atoms with E-state index < -0.39 is 6.10 Å². The van der Waals surface area contributed by atoms with E-state index in [4.69, 9.17) is 4.74 Å². The number of hydrogen-bond acceptors (Lipinski definition) is 7. The quantitative estimate of drug-likeness (QED) is 0.671. The first kappa shape index (κ1) is 21.2. The molecule has 1 aromatic heterocycles. The van der Waals surface area contributed by atoms with Gasteiger partial charge in [-0.05, 0) is 50.0 Å². The van der Waals surface area contributed by atoms with Crippen molar-refractivity contribution in [1.82, 2.24) is 29.9 Å². The van der Waals surface area contributed by atoms with Gasteiger partial charge in [0.1, 0.15) is 31.1 Å². The monoisotopic (exact) mass is 414 g/mol. The molecule has 2 aliphatic rings. The normalized spacial score (nSPS) is 20.7. The second kappa shape index (κ2) is 10.9. The fraction of sp³-hybridized carbons (Fsp3) is 0.636. The molecule has 1 atom stereocenters. The van der Waals surface area contributed by atoms with Crippen LogP contribution in [0.1, 0.15) is 30.9 Å². The van der Waals surface area contributed by atoms with Gasteiger partial charge in [0, 0.05) is 45.3 Å². The summed E-state index contributed by atoms with van der Waals surface area (Å²) in [6.45, 7) is 8.21. The molecular weight excluding hydrogens is 380 g/mol. The lowest BCUT2D eigenvalue weighted by Crippen LogP contribution is -2.37. The molecule has 1 aromatic carbocycles. The maximum absolute atomic E-state index is 10.3. The maximum Gasteiger partial charge on any atom is 0.119 e. The Balaban J connectivity index is 1.17. The lowest BCUT2D eigenvalue weighted by molar-refractivity contribution is 0.0703. The number of nitrogens with one attached hydrogen (secondary N) is 1. The van der Waals surface area contributed by atoms with Crippen LogP contribution < -0.4 is 10.1 Å². The number of ether oxygens (including phenoxy) is 1. The maximum atomic E-state index is 10.3. The highest BCUT2D eigenvalue weighted by molar-refractivity contribution is 5.27. The predicted molar refractivity (Wildman–Crippen MR) is 115 cm³/mol. The van der Waals surface area contributed by atoms with Gasteiger partial charge < -0.3 is 19.7 Å². The molecule has 1 unspecified atom stereocenters. The fourth-order valence-electron chi connectivity index (χ4n) is 4.35. The Bertz CT molecular complexity index is 723. The van der Waals surface area contributed by atoms with Crippen molar-refractivity contribution in [1.29, 1.82) is 0 Å². The van der Waals surface area contributed by atoms with Crippen LogP contribution in [0.2, 0.25) is 0 Å². The Morgan fingerprint density at radius 3 is 2.53 bits per heavy atom. The van der Waals surface area contributed by atoms with E-state index in [0.717, 1.165) is 70.8 Å². The molecule has 0 saturated carbocycles. The van der Waals surface area contributed by atoms with Gasteiger partial charge >= 0.3 is 0 Å². The number of aliphatic hydroxyl groups excluding tert-OH is 1. The molecule has 2 saturated heterocycles. The molecule has 0 bridgehead atoms. The fourth-order valence-corrected chi connectivity index (χ4v) is 4.35. The molecule has 2 aromatic rings. The zero-order chi connectivity index (χ0) is 20.6. The third-order valence-electron chi connectivity index (χ3n) is 6.09. The topological polar surface area (TPSA) is 78.7 Å². The highest BCUT2D eigenvalue weighted by atomic mass is 16.5. The molecule has 30 heavy (non-hydrogen) atoms. The number of aliphatic hydroxyl groups is 1. The Morgan fingerprint density at radius 1 is 1.00 bits per heavy atom. The Labute approximate surface area is 178 Å². The molecular formula is C22H34N6O2. The van der Waals surface area contributed by atoms with Crippen molar-refractivity contribution in [2.45, 2.75) is 38.0 Å². The molecule has 0 aliphatic carbocycles. The van der Waals surface area contributed by atoms with E-state index in [0.29, 0.717) is 19.2 Å². The Morgan fingerprint density at radius 2 is 1.77 bits per heavy atom. The zero-order valence-electron chi connectivity index (χ0n) is 17.7. The van der Waals surface area contributed by atoms with Crippen LogP contribution in [0.25, 0.3) is 0 Å². The van der Waals surface area contributed by atoms with Crippen LogP contribution in [0.5, 0.6) is 5.75 Å². The van der Waals surface area contributed by atoms with E-state index >= 15 is 0 Å². The molecule has 3 heterocycles. The predicted octanol–water partition coefficient (Wildman–Crippen LogP) is 1.15. The van der Waals surface area contributed by atoms with E-state index in [9.17, 15) is 5.11 Å². The lowest BCUT2D eigenvalue weighted by Gasteiger charge is -2.32. The van der Waals surface area contributed by atoms with Crippen molar-refractivity contribution in [3.63, 3.8) is 0 Å². The van der Waals surface area contributed by atoms with Crippen molar-refractivity contribution in [3.8, 4) is 5.75 Å². The first-order valence-corrected chi connectivity index (χ1v) is 11.2. The summed E-state index contributed by atoms with van der Waals surface area (Å²) in [6, 6.07) is 8.81. The van der Waals surface area contributed by atoms with Crippen molar-refractivity contribution in [2.75, 3.05) is 52.4 Å². The van der Waals surface area contributed by atoms with Gasteiger partial charge in [0.2, 0.25) is 0 Å². The number of hydrogen-bond donors (Lipinski definition) is 2. The summed E-state index contributed by atoms with van der Waals surface area (Å²) >= 11 is 0. The van der Waals surface area contributed by atoms with Crippen LogP contribution in [0.3, 0.4) is 0 Å². The average Bonchev–Trinajstić information content (AvgIpc) is 3.19. The Kier molecular flexibility index (Phi) is 7.69. The van der Waals surface area contributed by atoms with Gasteiger partial charge in [-0.3, -0.25) is 9.80 Å². The largest absolute Gasteiger partial charge is 0.491 e. The molecule has 8 heteroatoms. The van der Waals surface area contributed by atoms with Crippen molar-refractivity contribution in [2.24, 2.45) is 0 Å². The van der Waals surface area contributed by atoms with E-state index in [-0.39, 0.29) is 0 Å². The molecule has 0 amide bonds. The second-order valence-electron chi connectivity index (χ2n) is 8.43. The van der Waals surface area contributed by atoms with Crippen LogP contribution in [0.4, 0.5) is 0 Å². The Hall–Kier alpha value is -2.00. The number of nitrogens with zero attached hydrogens (tertiary/aromatic N) is 5. The highest BCUT2D eigenvalue weighted by Gasteiger charge is 2.20. The molecule has 2 fully saturated rings. The van der Waals surface area contributed by atoms with Crippen LogP contribution in [0.15, 0.2) is 36.9 Å². The van der Waals surface area contributed by atoms with Crippen LogP contribution in [0, 0.1) is 0 Å². The summed E-state index contributed by atoms with van der Waals surface area (Å²) in [5, 5.41) is 21.5. The SMILES string of the molecule is OC(COc1ccc(CN2CCC(n3cnnc3)CC2)cc1)CN1CCCNCC1. The van der Waals surface area contributed by atoms with Gasteiger partial charge in [-0.25, -0.2) is 0 Å². The number of β-amino-alcohol motifs (C(OH)–C–C–N with tert-alkyl or cyclic N) is 1. The lowest BCUT2D eigenvalue weighted by atomic mass is 10.0. The number of piperidine rings is 1. The van der Waals surface area contributed by atoms with E-state index in [1.807, 2.05) is 24.8 Å². The van der Waals surface area contributed by atoms with E-state index in [2.05, 4.69) is 42.0 Å². The molecule has 2 N–H and O–H groups in total. The number of aromatic nitrogens is 3. The summed E-state index contributed by atoms with van der Waals surface area (Å²) in [5.41, 5.74) is 1.29. The van der Waals surface area contributed by atoms with Gasteiger partial charge in [-0.2, -0.15) is 0 Å². The molecule has 0 spiro atoms. The van der Waals surface area contributed by atoms with Crippen molar-refractivity contribution < 1.29 is 9.84 Å². The number of benzene rings is 1. The van der Waals surface area contributed by atoms with Gasteiger partial charge in [0.05, 0.1) is 0 Å². The van der Waals surface area contributed by atoms with Crippen LogP contribution >= 0.6 is 0 Å². The second-order valence-corrected chi connectivity index (χ2v) is 8.43. The van der Waals surface area contributed by atoms with E-state index in [1.165, 1.54) is 5.56 Å². The molecule has 2 aliphatic heterocycles. The minimum atomic E-state index is -0.463. The molecule has 164 valence electrons. The summed E-state index contributed by atoms with van der Waals surface area (Å²) in [6.07, 6.45) is 6.57. The van der Waals surface area contributed by atoms with Crippen LogP contribution in [-0.2, 0) is 6.54 Å². The average molecular weight is 415 g/mol. The highest BCUT2D eigenvalue weighted by Crippen LogP contribution is 2.23. The van der Waals surface area contributed by atoms with Gasteiger partial charge in [0.25, 0.3) is 0 Å². The van der Waals surface area contributed by atoms with Gasteiger partial charge in [-0.1, -0.05) is 12.1 Å². The summed E-state index contributed by atoms with van der Waals surface area (Å²) in [7, 11) is 0. The van der Waals surface area contributed by atoms with E-state index in [1.54, 1.807) is 0 Å². The number of rotatable bonds is 8. The number of likely N-dealkylation sites (tertiary alicyclic amines) is 1. The van der Waals surface area contributed by atoms with Gasteiger partial charge in [0.15, 0.2) is 0 Å². The minimum Gasteiger partial charge on any atom is -0.491 e. The molecule has 4 rings (SSSR count). The minimum absolute atomic E-state index is 0.333. The van der Waals surface area contributed by atoms with Crippen molar-refractivity contribution in [3.05, 3.63) is 42.5 Å². The third-order valence-corrected chi connectivity index (χ3v) is 6.09. The summed E-state index contributed by atoms with van der Waals surface area (Å²) in [5.74, 6) is 0.821. The van der Waals surface area contributed by atoms with Crippen LogP contribution in [-0.4, -0.2) is 88.2 Å². The molecule has 0 radical (unpaired) electrons. The third kappa shape index (κ3) is 6.25. The first-order chi connectivity index (χ1) is 14.8.